The third-order valence-electron chi connectivity index (χ3n) is 2.98. The Morgan fingerprint density at radius 3 is 3.18 bits per heavy atom. The van der Waals surface area contributed by atoms with E-state index in [1.165, 1.54) is 12.1 Å². The minimum atomic E-state index is 0.608. The zero-order valence-electron chi connectivity index (χ0n) is 10.3. The molecule has 1 atom stereocenters. The highest BCUT2D eigenvalue weighted by atomic mass is 32.2. The summed E-state index contributed by atoms with van der Waals surface area (Å²) in [5.41, 5.74) is 2.29. The van der Waals surface area contributed by atoms with Gasteiger partial charge in [0.1, 0.15) is 10.5 Å². The molecule has 94 valence electrons. The molecule has 0 aromatic carbocycles. The van der Waals surface area contributed by atoms with Crippen molar-refractivity contribution in [3.05, 3.63) is 21.7 Å². The van der Waals surface area contributed by atoms with Gasteiger partial charge in [0, 0.05) is 22.9 Å². The van der Waals surface area contributed by atoms with E-state index in [1.54, 1.807) is 0 Å². The molecule has 0 fully saturated rings. The molecule has 2 rings (SSSR count). The molecule has 0 aliphatic carbocycles. The second-order valence-electron chi connectivity index (χ2n) is 4.28. The second kappa shape index (κ2) is 5.98. The summed E-state index contributed by atoms with van der Waals surface area (Å²) in [6, 6.07) is 0. The van der Waals surface area contributed by atoms with Gasteiger partial charge in [-0.25, -0.2) is 4.98 Å². The van der Waals surface area contributed by atoms with Crippen molar-refractivity contribution in [3.8, 4) is 0 Å². The van der Waals surface area contributed by atoms with Crippen molar-refractivity contribution in [2.24, 2.45) is 0 Å². The molecule has 17 heavy (non-hydrogen) atoms. The van der Waals surface area contributed by atoms with Crippen LogP contribution >= 0.6 is 24.0 Å². The van der Waals surface area contributed by atoms with E-state index in [-0.39, 0.29) is 0 Å². The van der Waals surface area contributed by atoms with E-state index in [2.05, 4.69) is 23.8 Å². The number of aromatic nitrogens is 2. The van der Waals surface area contributed by atoms with Gasteiger partial charge in [-0.3, -0.25) is 0 Å². The molecule has 2 heterocycles. The van der Waals surface area contributed by atoms with Crippen LogP contribution in [0.4, 0.5) is 0 Å². The highest BCUT2D eigenvalue weighted by Gasteiger charge is 2.13. The smallest absolute Gasteiger partial charge is 0.135 e. The van der Waals surface area contributed by atoms with Crippen LogP contribution in [0.1, 0.15) is 37.4 Å². The maximum Gasteiger partial charge on any atom is 0.135 e. The number of ether oxygens (including phenoxy) is 1. The fourth-order valence-corrected chi connectivity index (χ4v) is 2.82. The summed E-state index contributed by atoms with van der Waals surface area (Å²) in [6.07, 6.45) is 2.10. The van der Waals surface area contributed by atoms with Gasteiger partial charge in [-0.2, -0.15) is 11.8 Å². The summed E-state index contributed by atoms with van der Waals surface area (Å²) in [7, 11) is 0. The molecule has 0 bridgehead atoms. The zero-order chi connectivity index (χ0) is 12.3. The summed E-state index contributed by atoms with van der Waals surface area (Å²) in [6.45, 7) is 5.83. The molecule has 0 amide bonds. The first-order valence-corrected chi connectivity index (χ1v) is 7.46. The summed E-state index contributed by atoms with van der Waals surface area (Å²) < 4.78 is 6.11. The van der Waals surface area contributed by atoms with Gasteiger partial charge < -0.3 is 9.72 Å². The molecule has 3 nitrogen and oxygen atoms in total. The van der Waals surface area contributed by atoms with Crippen molar-refractivity contribution in [1.82, 2.24) is 9.97 Å². The largest absolute Gasteiger partial charge is 0.376 e. The molecular weight excluding hydrogens is 252 g/mol. The molecule has 0 saturated carbocycles. The van der Waals surface area contributed by atoms with E-state index in [9.17, 15) is 0 Å². The third kappa shape index (κ3) is 3.30. The average Bonchev–Trinajstić information content (AvgIpc) is 2.36. The van der Waals surface area contributed by atoms with Gasteiger partial charge in [0.2, 0.25) is 0 Å². The number of rotatable bonds is 4. The number of fused-ring (bicyclic) bond motifs is 1. The van der Waals surface area contributed by atoms with Crippen molar-refractivity contribution >= 4 is 24.0 Å². The first kappa shape index (κ1) is 13.1. The predicted molar refractivity (Wildman–Crippen MR) is 73.8 cm³/mol. The molecule has 0 radical (unpaired) electrons. The summed E-state index contributed by atoms with van der Waals surface area (Å²) in [5.74, 6) is 1.91. The Morgan fingerprint density at radius 1 is 1.59 bits per heavy atom. The van der Waals surface area contributed by atoms with Crippen LogP contribution in [-0.4, -0.2) is 21.8 Å². The van der Waals surface area contributed by atoms with Crippen LogP contribution in [0.2, 0.25) is 0 Å². The topological polar surface area (TPSA) is 37.9 Å². The molecular formula is C12H18N2OS2. The maximum atomic E-state index is 5.40. The molecule has 1 N–H and O–H groups in total. The monoisotopic (exact) mass is 270 g/mol. The number of hydrogen-bond acceptors (Lipinski definition) is 4. The Hall–Kier alpha value is -0.390. The lowest BCUT2D eigenvalue weighted by atomic mass is 10.1. The Morgan fingerprint density at radius 2 is 2.41 bits per heavy atom. The van der Waals surface area contributed by atoms with Gasteiger partial charge in [0.25, 0.3) is 0 Å². The maximum absolute atomic E-state index is 5.40. The van der Waals surface area contributed by atoms with Crippen LogP contribution in [0, 0.1) is 4.64 Å². The van der Waals surface area contributed by atoms with Crippen LogP contribution in [0.5, 0.6) is 0 Å². The lowest BCUT2D eigenvalue weighted by Crippen LogP contribution is -2.15. The molecule has 0 spiro atoms. The van der Waals surface area contributed by atoms with Gasteiger partial charge in [0.05, 0.1) is 19.0 Å². The molecule has 1 aromatic heterocycles. The van der Waals surface area contributed by atoms with Gasteiger partial charge >= 0.3 is 0 Å². The highest BCUT2D eigenvalue weighted by molar-refractivity contribution is 7.99. The quantitative estimate of drug-likeness (QED) is 0.852. The summed E-state index contributed by atoms with van der Waals surface area (Å²) >= 11 is 7.23. The Bertz CT molecular complexity index is 445. The van der Waals surface area contributed by atoms with Crippen molar-refractivity contribution < 1.29 is 4.74 Å². The Labute approximate surface area is 111 Å². The summed E-state index contributed by atoms with van der Waals surface area (Å²) in [4.78, 5) is 7.86. The van der Waals surface area contributed by atoms with Crippen LogP contribution in [0.25, 0.3) is 0 Å². The van der Waals surface area contributed by atoms with Gasteiger partial charge in [0.15, 0.2) is 0 Å². The SMILES string of the molecule is CCC(C)SCc1nc(=S)c2c([nH]1)CCOC2. The molecule has 1 aliphatic heterocycles. The van der Waals surface area contributed by atoms with E-state index in [1.807, 2.05) is 11.8 Å². The normalized spacial score (nSPS) is 16.6. The number of nitrogens with zero attached hydrogens (tertiary/aromatic N) is 1. The van der Waals surface area contributed by atoms with Crippen LogP contribution in [-0.2, 0) is 23.5 Å². The number of aromatic amines is 1. The number of nitrogens with one attached hydrogen (secondary N) is 1. The van der Waals surface area contributed by atoms with E-state index < -0.39 is 0 Å². The van der Waals surface area contributed by atoms with E-state index in [0.29, 0.717) is 16.5 Å². The number of H-pyrrole nitrogens is 1. The first-order chi connectivity index (χ1) is 8.20. The van der Waals surface area contributed by atoms with Gasteiger partial charge in [-0.1, -0.05) is 26.1 Å². The van der Waals surface area contributed by atoms with E-state index >= 15 is 0 Å². The van der Waals surface area contributed by atoms with Crippen molar-refractivity contribution in [3.63, 3.8) is 0 Å². The van der Waals surface area contributed by atoms with Crippen molar-refractivity contribution in [2.75, 3.05) is 6.61 Å². The second-order valence-corrected chi connectivity index (χ2v) is 6.09. The van der Waals surface area contributed by atoms with Crippen LogP contribution in [0.3, 0.4) is 0 Å². The standard InChI is InChI=1S/C12H18N2OS2/c1-3-8(2)17-7-11-13-10-4-5-15-6-9(10)12(16)14-11/h8H,3-7H2,1-2H3,(H,13,14,16). The minimum absolute atomic E-state index is 0.608. The Kier molecular flexibility index (Phi) is 4.59. The van der Waals surface area contributed by atoms with Gasteiger partial charge in [-0.15, -0.1) is 0 Å². The molecule has 1 aliphatic rings. The lowest BCUT2D eigenvalue weighted by Gasteiger charge is -2.17. The van der Waals surface area contributed by atoms with Crippen LogP contribution in [0.15, 0.2) is 0 Å². The molecule has 5 heteroatoms. The molecule has 0 saturated heterocycles. The summed E-state index contributed by atoms with van der Waals surface area (Å²) in [5, 5.41) is 0.665. The van der Waals surface area contributed by atoms with E-state index in [4.69, 9.17) is 17.0 Å². The molecule has 1 unspecified atom stereocenters. The van der Waals surface area contributed by atoms with Crippen molar-refractivity contribution in [2.45, 2.75) is 44.3 Å². The minimum Gasteiger partial charge on any atom is -0.376 e. The van der Waals surface area contributed by atoms with E-state index in [0.717, 1.165) is 30.2 Å². The number of hydrogen-bond donors (Lipinski definition) is 1. The first-order valence-electron chi connectivity index (χ1n) is 6.01. The van der Waals surface area contributed by atoms with Crippen molar-refractivity contribution in [1.29, 1.82) is 0 Å². The highest BCUT2D eigenvalue weighted by Crippen LogP contribution is 2.20. The fourth-order valence-electron chi connectivity index (χ4n) is 1.71. The molecule has 1 aromatic rings. The van der Waals surface area contributed by atoms with Gasteiger partial charge in [-0.05, 0) is 6.42 Å². The fraction of sp³-hybridized carbons (Fsp3) is 0.667. The third-order valence-corrected chi connectivity index (χ3v) is 4.66. The lowest BCUT2D eigenvalue weighted by molar-refractivity contribution is 0.108. The average molecular weight is 270 g/mol. The Balaban J connectivity index is 2.14. The zero-order valence-corrected chi connectivity index (χ0v) is 11.9. The predicted octanol–water partition coefficient (Wildman–Crippen LogP) is 3.24. The van der Waals surface area contributed by atoms with Crippen LogP contribution < -0.4 is 0 Å². The number of thioether (sulfide) groups is 1.